The summed E-state index contributed by atoms with van der Waals surface area (Å²) in [5.74, 6) is -1.40. The van der Waals surface area contributed by atoms with Gasteiger partial charge in [-0.2, -0.15) is 0 Å². The predicted molar refractivity (Wildman–Crippen MR) is 137 cm³/mol. The quantitative estimate of drug-likeness (QED) is 0.337. The van der Waals surface area contributed by atoms with E-state index in [4.69, 9.17) is 4.74 Å². The number of nitrogens with one attached hydrogen (secondary N) is 2. The zero-order chi connectivity index (χ0) is 23.8. The maximum absolute atomic E-state index is 13.6. The molecule has 0 saturated heterocycles. The van der Waals surface area contributed by atoms with Crippen LogP contribution in [0.4, 0.5) is 11.4 Å². The molecule has 0 saturated carbocycles. The molecule has 4 aromatic rings. The van der Waals surface area contributed by atoms with Crippen LogP contribution in [0.1, 0.15) is 20.7 Å². The highest BCUT2D eigenvalue weighted by atomic mass is 16.6. The van der Waals surface area contributed by atoms with Gasteiger partial charge in [0.15, 0.2) is 0 Å². The second kappa shape index (κ2) is 8.72. The standard InChI is InChI=1S/C28H22N4O3/c33-27(25-21-9-3-1-7-19(21)11-13-23(25)31-17-5-15-29-31)35-28(34)26-22-10-4-2-8-20(22)12-14-24(26)32-18-6-16-30-32/h1-14,17-18,29-30H,15-16H2. The number of hydrogen-bond acceptors (Lipinski definition) is 7. The SMILES string of the molecule is O=C(OC(=O)c1c(N2C=CCN2)ccc2ccccc12)c1c(N2C=CCN2)ccc2ccccc12. The second-order valence-electron chi connectivity index (χ2n) is 8.27. The Morgan fingerprint density at radius 3 is 1.51 bits per heavy atom. The molecule has 4 aromatic carbocycles. The molecule has 0 aliphatic carbocycles. The van der Waals surface area contributed by atoms with Crippen LogP contribution >= 0.6 is 0 Å². The van der Waals surface area contributed by atoms with Gasteiger partial charge in [-0.25, -0.2) is 20.4 Å². The summed E-state index contributed by atoms with van der Waals surface area (Å²) in [6.45, 7) is 1.30. The molecule has 0 radical (unpaired) electrons. The number of hydrazine groups is 2. The Balaban J connectivity index is 1.44. The van der Waals surface area contributed by atoms with Crippen LogP contribution in [0.5, 0.6) is 0 Å². The van der Waals surface area contributed by atoms with Crippen molar-refractivity contribution in [3.8, 4) is 0 Å². The topological polar surface area (TPSA) is 73.9 Å². The van der Waals surface area contributed by atoms with E-state index in [2.05, 4.69) is 10.9 Å². The fraction of sp³-hybridized carbons (Fsp3) is 0.0714. The molecule has 172 valence electrons. The van der Waals surface area contributed by atoms with Gasteiger partial charge in [0, 0.05) is 25.5 Å². The minimum Gasteiger partial charge on any atom is -0.386 e. The lowest BCUT2D eigenvalue weighted by Gasteiger charge is -2.22. The Morgan fingerprint density at radius 2 is 1.09 bits per heavy atom. The second-order valence-corrected chi connectivity index (χ2v) is 8.27. The third-order valence-corrected chi connectivity index (χ3v) is 6.19. The summed E-state index contributed by atoms with van der Waals surface area (Å²) in [5, 5.41) is 6.75. The number of anilines is 2. The predicted octanol–water partition coefficient (Wildman–Crippen LogP) is 4.67. The molecule has 2 N–H and O–H groups in total. The molecule has 2 heterocycles. The van der Waals surface area contributed by atoms with Crippen molar-refractivity contribution in [2.24, 2.45) is 0 Å². The number of rotatable bonds is 4. The van der Waals surface area contributed by atoms with E-state index in [9.17, 15) is 9.59 Å². The average Bonchev–Trinajstić information content (AvgIpc) is 3.62. The summed E-state index contributed by atoms with van der Waals surface area (Å²) >= 11 is 0. The highest BCUT2D eigenvalue weighted by molar-refractivity contribution is 6.17. The molecule has 0 bridgehead atoms. The molecule has 0 fully saturated rings. The van der Waals surface area contributed by atoms with Gasteiger partial charge >= 0.3 is 11.9 Å². The van der Waals surface area contributed by atoms with Gasteiger partial charge in [0.05, 0.1) is 22.5 Å². The van der Waals surface area contributed by atoms with Gasteiger partial charge in [0.2, 0.25) is 0 Å². The number of ether oxygens (including phenoxy) is 1. The third-order valence-electron chi connectivity index (χ3n) is 6.19. The maximum atomic E-state index is 13.6. The van der Waals surface area contributed by atoms with Crippen LogP contribution in [-0.2, 0) is 4.74 Å². The van der Waals surface area contributed by atoms with Gasteiger partial charge in [-0.3, -0.25) is 10.0 Å². The van der Waals surface area contributed by atoms with E-state index in [0.29, 0.717) is 46.4 Å². The van der Waals surface area contributed by atoms with E-state index in [-0.39, 0.29) is 0 Å². The van der Waals surface area contributed by atoms with Gasteiger partial charge in [0.1, 0.15) is 0 Å². The van der Waals surface area contributed by atoms with E-state index < -0.39 is 11.9 Å². The van der Waals surface area contributed by atoms with Gasteiger partial charge < -0.3 is 4.74 Å². The Kier molecular flexibility index (Phi) is 5.25. The van der Waals surface area contributed by atoms with Crippen molar-refractivity contribution in [2.45, 2.75) is 0 Å². The van der Waals surface area contributed by atoms with Gasteiger partial charge in [-0.15, -0.1) is 0 Å². The smallest absolute Gasteiger partial charge is 0.348 e. The Labute approximate surface area is 201 Å². The Hall–Kier alpha value is -4.46. The molecule has 7 nitrogen and oxygen atoms in total. The third kappa shape index (κ3) is 3.73. The van der Waals surface area contributed by atoms with Gasteiger partial charge in [-0.1, -0.05) is 72.8 Å². The number of fused-ring (bicyclic) bond motifs is 2. The summed E-state index contributed by atoms with van der Waals surface area (Å²) in [6.07, 6.45) is 7.62. The van der Waals surface area contributed by atoms with E-state index in [1.165, 1.54) is 0 Å². The molecule has 35 heavy (non-hydrogen) atoms. The van der Waals surface area contributed by atoms with Crippen LogP contribution in [0, 0.1) is 0 Å². The van der Waals surface area contributed by atoms with Gasteiger partial charge in [0.25, 0.3) is 0 Å². The van der Waals surface area contributed by atoms with Crippen LogP contribution in [0.15, 0.2) is 97.3 Å². The molecule has 2 aliphatic heterocycles. The minimum absolute atomic E-state index is 0.330. The molecule has 0 aromatic heterocycles. The lowest BCUT2D eigenvalue weighted by molar-refractivity contribution is 0.0401. The Bertz CT molecular complexity index is 1430. The van der Waals surface area contributed by atoms with E-state index >= 15 is 0 Å². The van der Waals surface area contributed by atoms with E-state index in [1.54, 1.807) is 10.0 Å². The number of esters is 2. The van der Waals surface area contributed by atoms with Crippen molar-refractivity contribution in [3.05, 3.63) is 108 Å². The van der Waals surface area contributed by atoms with Crippen molar-refractivity contribution in [1.29, 1.82) is 0 Å². The highest BCUT2D eigenvalue weighted by Crippen LogP contribution is 2.33. The molecule has 0 atom stereocenters. The summed E-state index contributed by atoms with van der Waals surface area (Å²) < 4.78 is 5.60. The fourth-order valence-corrected chi connectivity index (χ4v) is 4.59. The van der Waals surface area contributed by atoms with Crippen LogP contribution in [0.2, 0.25) is 0 Å². The first-order valence-corrected chi connectivity index (χ1v) is 11.4. The molecule has 7 heteroatoms. The fourth-order valence-electron chi connectivity index (χ4n) is 4.59. The number of hydrogen-bond donors (Lipinski definition) is 2. The monoisotopic (exact) mass is 462 g/mol. The summed E-state index contributed by atoms with van der Waals surface area (Å²) in [4.78, 5) is 27.2. The summed E-state index contributed by atoms with van der Waals surface area (Å²) in [5.41, 5.74) is 8.30. The normalized spacial score (nSPS) is 14.9. The van der Waals surface area contributed by atoms with E-state index in [1.807, 2.05) is 97.3 Å². The first-order chi connectivity index (χ1) is 17.2. The zero-order valence-electron chi connectivity index (χ0n) is 18.8. The summed E-state index contributed by atoms with van der Waals surface area (Å²) in [7, 11) is 0. The van der Waals surface area contributed by atoms with Crippen molar-refractivity contribution in [2.75, 3.05) is 23.1 Å². The van der Waals surface area contributed by atoms with Crippen LogP contribution in [0.25, 0.3) is 21.5 Å². The largest absolute Gasteiger partial charge is 0.386 e. The molecular weight excluding hydrogens is 440 g/mol. The number of carbonyl (C=O) groups excluding carboxylic acids is 2. The first kappa shape index (κ1) is 21.1. The van der Waals surface area contributed by atoms with Crippen LogP contribution < -0.4 is 20.9 Å². The molecule has 6 rings (SSSR count). The van der Waals surface area contributed by atoms with Crippen molar-refractivity contribution in [1.82, 2.24) is 10.9 Å². The Morgan fingerprint density at radius 1 is 0.629 bits per heavy atom. The average molecular weight is 463 g/mol. The van der Waals surface area contributed by atoms with Crippen molar-refractivity contribution >= 4 is 44.9 Å². The highest BCUT2D eigenvalue weighted by Gasteiger charge is 2.27. The van der Waals surface area contributed by atoms with Gasteiger partial charge in [-0.05, 0) is 33.7 Å². The van der Waals surface area contributed by atoms with Crippen LogP contribution in [-0.4, -0.2) is 25.0 Å². The molecule has 2 aliphatic rings. The number of nitrogens with zero attached hydrogens (tertiary/aromatic N) is 2. The summed E-state index contributed by atoms with van der Waals surface area (Å²) in [6, 6.07) is 22.8. The first-order valence-electron chi connectivity index (χ1n) is 11.4. The number of benzene rings is 4. The molecule has 0 unspecified atom stereocenters. The molecular formula is C28H22N4O3. The van der Waals surface area contributed by atoms with Crippen molar-refractivity contribution in [3.63, 3.8) is 0 Å². The minimum atomic E-state index is -0.701. The molecule has 0 spiro atoms. The lowest BCUT2D eigenvalue weighted by Crippen LogP contribution is -2.31. The maximum Gasteiger partial charge on any atom is 0.348 e. The van der Waals surface area contributed by atoms with Crippen molar-refractivity contribution < 1.29 is 14.3 Å². The lowest BCUT2D eigenvalue weighted by atomic mass is 10.0. The zero-order valence-corrected chi connectivity index (χ0v) is 18.8. The molecule has 0 amide bonds. The van der Waals surface area contributed by atoms with E-state index in [0.717, 1.165) is 10.8 Å². The number of carbonyl (C=O) groups is 2. The van der Waals surface area contributed by atoms with Crippen LogP contribution in [0.3, 0.4) is 0 Å².